The van der Waals surface area contributed by atoms with Crippen LogP contribution in [0.2, 0.25) is 0 Å². The van der Waals surface area contributed by atoms with E-state index in [1.54, 1.807) is 24.3 Å². The van der Waals surface area contributed by atoms with Crippen LogP contribution < -0.4 is 11.2 Å². The number of hydrogen-bond acceptors (Lipinski definition) is 5. The summed E-state index contributed by atoms with van der Waals surface area (Å²) in [5.41, 5.74) is 1.88. The molecule has 7 nitrogen and oxygen atoms in total. The molecule has 7 heteroatoms. The largest absolute Gasteiger partial charge is 0.337 e. The number of hydrogen-bond donors (Lipinski definition) is 0. The molecule has 0 aliphatic heterocycles. The molecule has 148 valence electrons. The van der Waals surface area contributed by atoms with Gasteiger partial charge >= 0.3 is 5.69 Å². The van der Waals surface area contributed by atoms with Crippen LogP contribution >= 0.6 is 0 Å². The van der Waals surface area contributed by atoms with Crippen molar-refractivity contribution in [3.05, 3.63) is 80.8 Å². The fraction of sp³-hybridized carbons (Fsp3) is 0.273. The van der Waals surface area contributed by atoms with Gasteiger partial charge in [0, 0.05) is 11.6 Å². The van der Waals surface area contributed by atoms with Gasteiger partial charge < -0.3 is 4.52 Å². The maximum absolute atomic E-state index is 13.2. The molecule has 0 aliphatic carbocycles. The van der Waals surface area contributed by atoms with E-state index in [0.717, 1.165) is 11.1 Å². The molecular formula is C22H22N4O3. The Morgan fingerprint density at radius 1 is 1.07 bits per heavy atom. The lowest BCUT2D eigenvalue weighted by atomic mass is 10.1. The van der Waals surface area contributed by atoms with E-state index in [1.807, 2.05) is 45.0 Å². The van der Waals surface area contributed by atoms with Crippen molar-refractivity contribution in [2.45, 2.75) is 39.8 Å². The highest BCUT2D eigenvalue weighted by atomic mass is 16.5. The number of nitrogens with zero attached hydrogens (tertiary/aromatic N) is 4. The molecule has 0 saturated heterocycles. The summed E-state index contributed by atoms with van der Waals surface area (Å²) >= 11 is 0. The normalized spacial score (nSPS) is 12.4. The van der Waals surface area contributed by atoms with Gasteiger partial charge in [-0.2, -0.15) is 4.98 Å². The van der Waals surface area contributed by atoms with E-state index >= 15 is 0 Å². The molecule has 2 aromatic heterocycles. The summed E-state index contributed by atoms with van der Waals surface area (Å²) in [5.74, 6) is 0.773. The number of aromatic nitrogens is 4. The monoisotopic (exact) mass is 390 g/mol. The minimum atomic E-state index is -0.377. The first kappa shape index (κ1) is 18.9. The van der Waals surface area contributed by atoms with Crippen LogP contribution in [0.1, 0.15) is 37.8 Å². The second-order valence-corrected chi connectivity index (χ2v) is 7.20. The molecule has 0 N–H and O–H groups in total. The summed E-state index contributed by atoms with van der Waals surface area (Å²) in [6.45, 7) is 5.91. The van der Waals surface area contributed by atoms with Gasteiger partial charge in [-0.05, 0) is 32.4 Å². The predicted molar refractivity (Wildman–Crippen MR) is 111 cm³/mol. The maximum atomic E-state index is 13.2. The Labute approximate surface area is 167 Å². The van der Waals surface area contributed by atoms with E-state index in [2.05, 4.69) is 10.1 Å². The van der Waals surface area contributed by atoms with Crippen LogP contribution in [-0.2, 0) is 6.54 Å². The van der Waals surface area contributed by atoms with Gasteiger partial charge in [0.05, 0.1) is 10.9 Å². The Bertz CT molecular complexity index is 1280. The SMILES string of the molecule is CCC(C)n1c(=O)c2ccccc2n(Cc2nc(-c3ccc(C)cc3)no2)c1=O. The number of fused-ring (bicyclic) bond motifs is 1. The molecule has 0 spiro atoms. The number of aryl methyl sites for hydroxylation is 1. The molecule has 2 aromatic carbocycles. The van der Waals surface area contributed by atoms with Gasteiger partial charge in [-0.25, -0.2) is 4.79 Å². The first-order chi connectivity index (χ1) is 14.0. The quantitative estimate of drug-likeness (QED) is 0.520. The summed E-state index contributed by atoms with van der Waals surface area (Å²) in [6, 6.07) is 14.7. The van der Waals surface area contributed by atoms with Crippen LogP contribution in [0.4, 0.5) is 0 Å². The number of para-hydroxylation sites is 1. The van der Waals surface area contributed by atoms with E-state index in [-0.39, 0.29) is 23.8 Å². The summed E-state index contributed by atoms with van der Waals surface area (Å²) in [4.78, 5) is 30.5. The van der Waals surface area contributed by atoms with Gasteiger partial charge in [0.15, 0.2) is 0 Å². The number of benzene rings is 2. The molecule has 0 amide bonds. The average Bonchev–Trinajstić information content (AvgIpc) is 3.20. The predicted octanol–water partition coefficient (Wildman–Crippen LogP) is 3.54. The highest BCUT2D eigenvalue weighted by Gasteiger charge is 2.18. The van der Waals surface area contributed by atoms with Crippen molar-refractivity contribution in [1.82, 2.24) is 19.3 Å². The van der Waals surface area contributed by atoms with Crippen LogP contribution in [0.25, 0.3) is 22.3 Å². The van der Waals surface area contributed by atoms with E-state index in [0.29, 0.717) is 29.0 Å². The Morgan fingerprint density at radius 2 is 1.79 bits per heavy atom. The lowest BCUT2D eigenvalue weighted by Crippen LogP contribution is -2.41. The molecule has 29 heavy (non-hydrogen) atoms. The van der Waals surface area contributed by atoms with Crippen molar-refractivity contribution >= 4 is 10.9 Å². The third-order valence-electron chi connectivity index (χ3n) is 5.18. The van der Waals surface area contributed by atoms with Gasteiger partial charge in [0.2, 0.25) is 11.7 Å². The van der Waals surface area contributed by atoms with Gasteiger partial charge in [-0.15, -0.1) is 0 Å². The smallest absolute Gasteiger partial charge is 0.332 e. The molecule has 2 heterocycles. The fourth-order valence-corrected chi connectivity index (χ4v) is 3.34. The molecule has 1 unspecified atom stereocenters. The van der Waals surface area contributed by atoms with E-state index in [4.69, 9.17) is 4.52 Å². The Morgan fingerprint density at radius 3 is 2.52 bits per heavy atom. The molecule has 0 aliphatic rings. The van der Waals surface area contributed by atoms with Crippen LogP contribution in [0, 0.1) is 6.92 Å². The van der Waals surface area contributed by atoms with Crippen molar-refractivity contribution in [2.75, 3.05) is 0 Å². The highest BCUT2D eigenvalue weighted by molar-refractivity contribution is 5.77. The summed E-state index contributed by atoms with van der Waals surface area (Å²) in [6.07, 6.45) is 0.672. The van der Waals surface area contributed by atoms with Crippen molar-refractivity contribution in [3.63, 3.8) is 0 Å². The first-order valence-corrected chi connectivity index (χ1v) is 9.63. The molecular weight excluding hydrogens is 368 g/mol. The van der Waals surface area contributed by atoms with Gasteiger partial charge in [-0.1, -0.05) is 54.0 Å². The van der Waals surface area contributed by atoms with Gasteiger partial charge in [-0.3, -0.25) is 13.9 Å². The Hall–Kier alpha value is -3.48. The minimum absolute atomic E-state index is 0.0922. The molecule has 4 rings (SSSR count). The lowest BCUT2D eigenvalue weighted by Gasteiger charge is -2.16. The molecule has 1 atom stereocenters. The molecule has 0 fully saturated rings. The lowest BCUT2D eigenvalue weighted by molar-refractivity contribution is 0.367. The Kier molecular flexibility index (Phi) is 4.88. The van der Waals surface area contributed by atoms with Crippen LogP contribution in [0.15, 0.2) is 62.6 Å². The fourth-order valence-electron chi connectivity index (χ4n) is 3.34. The highest BCUT2D eigenvalue weighted by Crippen LogP contribution is 2.17. The third kappa shape index (κ3) is 3.40. The topological polar surface area (TPSA) is 82.9 Å². The van der Waals surface area contributed by atoms with Crippen molar-refractivity contribution in [1.29, 1.82) is 0 Å². The summed E-state index contributed by atoms with van der Waals surface area (Å²) in [5, 5.41) is 4.53. The average molecular weight is 390 g/mol. The maximum Gasteiger partial charge on any atom is 0.332 e. The summed E-state index contributed by atoms with van der Waals surface area (Å²) in [7, 11) is 0. The third-order valence-corrected chi connectivity index (χ3v) is 5.18. The van der Waals surface area contributed by atoms with Crippen molar-refractivity contribution < 1.29 is 4.52 Å². The van der Waals surface area contributed by atoms with Crippen molar-refractivity contribution in [3.8, 4) is 11.4 Å². The second kappa shape index (κ2) is 7.50. The van der Waals surface area contributed by atoms with Gasteiger partial charge in [0.1, 0.15) is 6.54 Å². The second-order valence-electron chi connectivity index (χ2n) is 7.20. The van der Waals surface area contributed by atoms with E-state index in [9.17, 15) is 9.59 Å². The van der Waals surface area contributed by atoms with Crippen LogP contribution in [0.3, 0.4) is 0 Å². The standard InChI is InChI=1S/C22H22N4O3/c1-4-15(3)26-21(27)17-7-5-6-8-18(17)25(22(26)28)13-19-23-20(24-29-19)16-11-9-14(2)10-12-16/h5-12,15H,4,13H2,1-3H3. The van der Waals surface area contributed by atoms with Crippen LogP contribution in [0.5, 0.6) is 0 Å². The number of rotatable bonds is 5. The molecule has 0 radical (unpaired) electrons. The van der Waals surface area contributed by atoms with Crippen molar-refractivity contribution in [2.24, 2.45) is 0 Å². The Balaban J connectivity index is 1.82. The van der Waals surface area contributed by atoms with Gasteiger partial charge in [0.25, 0.3) is 5.56 Å². The molecule has 4 aromatic rings. The minimum Gasteiger partial charge on any atom is -0.337 e. The zero-order chi connectivity index (χ0) is 20.5. The summed E-state index contributed by atoms with van der Waals surface area (Å²) < 4.78 is 8.23. The van der Waals surface area contributed by atoms with Crippen LogP contribution in [-0.4, -0.2) is 19.3 Å². The molecule has 0 saturated carbocycles. The zero-order valence-corrected chi connectivity index (χ0v) is 16.6. The zero-order valence-electron chi connectivity index (χ0n) is 16.6. The van der Waals surface area contributed by atoms with E-state index < -0.39 is 0 Å². The first-order valence-electron chi connectivity index (χ1n) is 9.63. The molecule has 0 bridgehead atoms. The van der Waals surface area contributed by atoms with E-state index in [1.165, 1.54) is 9.13 Å².